The number of anilines is 1. The van der Waals surface area contributed by atoms with Gasteiger partial charge in [-0.2, -0.15) is 0 Å². The van der Waals surface area contributed by atoms with Crippen LogP contribution in [0.4, 0.5) is 5.69 Å². The number of rotatable bonds is 5. The van der Waals surface area contributed by atoms with Crippen molar-refractivity contribution in [1.29, 1.82) is 0 Å². The Labute approximate surface area is 286 Å². The molecule has 0 saturated carbocycles. The molecule has 0 amide bonds. The van der Waals surface area contributed by atoms with E-state index in [0.717, 1.165) is 40.2 Å². The summed E-state index contributed by atoms with van der Waals surface area (Å²) in [5, 5.41) is 28.3. The molecule has 8 nitrogen and oxygen atoms in total. The van der Waals surface area contributed by atoms with Crippen LogP contribution in [0.15, 0.2) is 97.1 Å². The Bertz CT molecular complexity index is 1360. The van der Waals surface area contributed by atoms with Gasteiger partial charge in [-0.25, -0.2) is 0 Å². The number of benzene rings is 4. The molecule has 0 fully saturated rings. The van der Waals surface area contributed by atoms with Crippen LogP contribution in [-0.4, -0.2) is 30.8 Å². The molecule has 0 atom stereocenters. The Hall–Kier alpha value is -2.44. The third-order valence-electron chi connectivity index (χ3n) is 6.29. The summed E-state index contributed by atoms with van der Waals surface area (Å²) in [5.74, 6) is 0. The van der Waals surface area contributed by atoms with Crippen molar-refractivity contribution >= 4 is 53.3 Å². The number of halogens is 1. The summed E-state index contributed by atoms with van der Waals surface area (Å²) < 4.78 is 10.2. The second-order valence-corrected chi connectivity index (χ2v) is 9.68. The first-order valence-corrected chi connectivity index (χ1v) is 14.0. The summed E-state index contributed by atoms with van der Waals surface area (Å²) in [7, 11) is -1.52. The quantitative estimate of drug-likeness (QED) is 0.0684. The first-order chi connectivity index (χ1) is 19.9. The van der Waals surface area contributed by atoms with Crippen molar-refractivity contribution in [3.8, 4) is 0 Å². The molecule has 12 heteroatoms. The van der Waals surface area contributed by atoms with Crippen molar-refractivity contribution in [2.45, 2.75) is 38.8 Å². The normalized spacial score (nSPS) is 11.8. The molecule has 222 valence electrons. The number of carbonyl (C=O) groups is 1. The van der Waals surface area contributed by atoms with Gasteiger partial charge < -0.3 is 35.2 Å². The molecular weight excluding hydrogens is 623 g/mol. The van der Waals surface area contributed by atoms with Gasteiger partial charge in [0, 0.05) is 12.4 Å². The van der Waals surface area contributed by atoms with Gasteiger partial charge in [-0.3, -0.25) is 4.79 Å². The predicted molar refractivity (Wildman–Crippen MR) is 171 cm³/mol. The minimum atomic E-state index is -0.784. The van der Waals surface area contributed by atoms with E-state index in [2.05, 4.69) is 75.4 Å². The number of nitrogen functional groups attached to an aromatic ring is 1. The van der Waals surface area contributed by atoms with Crippen LogP contribution in [0.3, 0.4) is 0 Å². The fraction of sp³-hybridized carbons (Fsp3) is 0.194. The summed E-state index contributed by atoms with van der Waals surface area (Å²) >= 11 is 3.36. The standard InChI is InChI=1S/C15H15BO2.C7H8BNO2.C7H7Br.CH2O3.CH4.Na.H2/c17-16-15-10-13(8-9-14(15)11-18-16)7-6-12-4-2-1-3-5-12;9-6-2-1-5-4-11-8(10)7(5)3-6;8-6-7-4-2-1-3-5-7;2-1-4-3;;;/h1-5,8-10,17H,6-7,11H2;1-3,10H,4,9H2;1-5H,6H2;1,3H;1H4;;1H/q;;;;;+1;/p-1/i;;;;;;1+2. The van der Waals surface area contributed by atoms with Crippen LogP contribution in [0.2, 0.25) is 0 Å². The van der Waals surface area contributed by atoms with Gasteiger partial charge >= 0.3 is 43.8 Å². The van der Waals surface area contributed by atoms with Crippen molar-refractivity contribution in [3.63, 3.8) is 0 Å². The van der Waals surface area contributed by atoms with Gasteiger partial charge in [0.2, 0.25) is 0 Å². The summed E-state index contributed by atoms with van der Waals surface area (Å²) in [6, 6.07) is 32.4. The van der Waals surface area contributed by atoms with Gasteiger partial charge in [0.05, 0.1) is 13.2 Å². The molecular formula is C31H37B2BrNNaO7. The summed E-state index contributed by atoms with van der Waals surface area (Å²) in [4.78, 5) is 11.2. The van der Waals surface area contributed by atoms with E-state index in [4.69, 9.17) is 25.1 Å². The Morgan fingerprint density at radius 2 is 1.28 bits per heavy atom. The minimum absolute atomic E-state index is 0. The summed E-state index contributed by atoms with van der Waals surface area (Å²) in [5.41, 5.74) is 14.0. The van der Waals surface area contributed by atoms with Gasteiger partial charge in [0.15, 0.2) is 0 Å². The van der Waals surface area contributed by atoms with Gasteiger partial charge in [0.1, 0.15) is 0 Å². The average Bonchev–Trinajstić information content (AvgIpc) is 3.59. The Kier molecular flexibility index (Phi) is 19.1. The van der Waals surface area contributed by atoms with E-state index < -0.39 is 14.2 Å². The maximum absolute atomic E-state index is 9.67. The summed E-state index contributed by atoms with van der Waals surface area (Å²) in [6.07, 6.45) is 2.01. The molecule has 2 aliphatic rings. The molecule has 0 bridgehead atoms. The van der Waals surface area contributed by atoms with E-state index in [1.807, 2.05) is 30.3 Å². The van der Waals surface area contributed by atoms with E-state index in [0.29, 0.717) is 18.9 Å². The van der Waals surface area contributed by atoms with Crippen molar-refractivity contribution in [2.24, 2.45) is 0 Å². The second-order valence-electron chi connectivity index (χ2n) is 9.12. The first kappa shape index (κ1) is 38.6. The van der Waals surface area contributed by atoms with Gasteiger partial charge in [-0.1, -0.05) is 108 Å². The number of hydrogen-bond acceptors (Lipinski definition) is 8. The molecule has 2 heterocycles. The van der Waals surface area contributed by atoms with E-state index in [1.165, 1.54) is 16.7 Å². The zero-order chi connectivity index (χ0) is 29.5. The Balaban J connectivity index is 0.000000615. The third kappa shape index (κ3) is 13.0. The topological polar surface area (TPSA) is 134 Å². The molecule has 0 spiro atoms. The van der Waals surface area contributed by atoms with Crippen LogP contribution >= 0.6 is 15.9 Å². The molecule has 6 rings (SSSR count). The molecule has 4 aromatic carbocycles. The smallest absolute Gasteiger partial charge is 0.662 e. The van der Waals surface area contributed by atoms with Crippen molar-refractivity contribution < 1.29 is 65.3 Å². The Morgan fingerprint density at radius 3 is 1.77 bits per heavy atom. The molecule has 4 aromatic rings. The van der Waals surface area contributed by atoms with E-state index in [-0.39, 0.29) is 44.9 Å². The SMILES string of the molecule is BrCc1ccccc1.C.Nc1ccc2c(c1)B(O)OC2.O=CO[O-].OB1OCc2ccc(CCc3ccccc3)cc21.[3HH].[Na+]. The molecule has 0 unspecified atom stereocenters. The number of fused-ring (bicyclic) bond motifs is 2. The predicted octanol–water partition coefficient (Wildman–Crippen LogP) is 0.0783. The molecule has 0 aromatic heterocycles. The Morgan fingerprint density at radius 1 is 0.814 bits per heavy atom. The molecule has 0 aliphatic carbocycles. The third-order valence-corrected chi connectivity index (χ3v) is 6.93. The van der Waals surface area contributed by atoms with Crippen LogP contribution in [0.25, 0.3) is 0 Å². The van der Waals surface area contributed by atoms with Crippen LogP contribution in [0.1, 0.15) is 36.7 Å². The molecule has 0 saturated heterocycles. The fourth-order valence-corrected chi connectivity index (χ4v) is 4.53. The van der Waals surface area contributed by atoms with Crippen molar-refractivity contribution in [1.82, 2.24) is 0 Å². The second kappa shape index (κ2) is 21.3. The zero-order valence-corrected chi connectivity index (χ0v) is 27.0. The maximum Gasteiger partial charge on any atom is 1.00 e. The number of alkyl halides is 1. The van der Waals surface area contributed by atoms with Crippen LogP contribution < -0.4 is 51.5 Å². The minimum Gasteiger partial charge on any atom is -0.662 e. The van der Waals surface area contributed by atoms with E-state index in [9.17, 15) is 10.0 Å². The van der Waals surface area contributed by atoms with Gasteiger partial charge in [-0.15, -0.1) is 0 Å². The van der Waals surface area contributed by atoms with Gasteiger partial charge in [0.25, 0.3) is 6.47 Å². The van der Waals surface area contributed by atoms with Crippen LogP contribution in [-0.2, 0) is 50.4 Å². The van der Waals surface area contributed by atoms with Crippen molar-refractivity contribution in [3.05, 3.63) is 125 Å². The average molecular weight is 662 g/mol. The first-order valence-electron chi connectivity index (χ1n) is 12.9. The van der Waals surface area contributed by atoms with Crippen molar-refractivity contribution in [2.75, 3.05) is 5.73 Å². The number of hydrogen-bond donors (Lipinski definition) is 3. The molecule has 4 N–H and O–H groups in total. The number of nitrogens with two attached hydrogens (primary N) is 1. The molecule has 43 heavy (non-hydrogen) atoms. The largest absolute Gasteiger partial charge is 1.00 e. The van der Waals surface area contributed by atoms with Crippen LogP contribution in [0.5, 0.6) is 0 Å². The molecule has 0 radical (unpaired) electrons. The maximum atomic E-state index is 9.67. The number of aryl methyl sites for hydroxylation is 2. The monoisotopic (exact) mass is 661 g/mol. The summed E-state index contributed by atoms with van der Waals surface area (Å²) in [6.45, 7) is 0.826. The fourth-order valence-electron chi connectivity index (χ4n) is 4.15. The molecule has 2 aliphatic heterocycles. The number of carbonyl (C=O) groups excluding carboxylic acids is 1. The van der Waals surface area contributed by atoms with Crippen LogP contribution in [0, 0.1) is 0 Å². The van der Waals surface area contributed by atoms with Gasteiger partial charge in [-0.05, 0) is 63.7 Å². The van der Waals surface area contributed by atoms with E-state index >= 15 is 0 Å². The zero-order valence-electron chi connectivity index (χ0n) is 23.4. The van der Waals surface area contributed by atoms with E-state index in [1.54, 1.807) is 12.1 Å².